The summed E-state index contributed by atoms with van der Waals surface area (Å²) < 4.78 is 0. The molecule has 3 rings (SSSR count). The first-order valence-electron chi connectivity index (χ1n) is 8.30. The van der Waals surface area contributed by atoms with Gasteiger partial charge in [-0.25, -0.2) is 0 Å². The van der Waals surface area contributed by atoms with Crippen molar-refractivity contribution in [1.82, 2.24) is 10.6 Å². The zero-order valence-electron chi connectivity index (χ0n) is 13.5. The van der Waals surface area contributed by atoms with Gasteiger partial charge in [-0.2, -0.15) is 0 Å². The quantitative estimate of drug-likeness (QED) is 0.819. The van der Waals surface area contributed by atoms with E-state index in [0.29, 0.717) is 31.0 Å². The van der Waals surface area contributed by atoms with E-state index in [-0.39, 0.29) is 5.91 Å². The van der Waals surface area contributed by atoms with Crippen LogP contribution in [0.4, 0.5) is 0 Å². The first-order chi connectivity index (χ1) is 10.6. The zero-order chi connectivity index (χ0) is 15.5. The summed E-state index contributed by atoms with van der Waals surface area (Å²) in [5.74, 6) is 0.774. The van der Waals surface area contributed by atoms with Gasteiger partial charge in [0.25, 0.3) is 0 Å². The molecule has 120 valence electrons. The Bertz CT molecular complexity index is 534. The van der Waals surface area contributed by atoms with Gasteiger partial charge in [0.1, 0.15) is 0 Å². The van der Waals surface area contributed by atoms with Crippen molar-refractivity contribution in [1.29, 1.82) is 0 Å². The van der Waals surface area contributed by atoms with Crippen molar-refractivity contribution in [2.24, 2.45) is 5.92 Å². The number of piperidine rings is 1. The highest BCUT2D eigenvalue weighted by Crippen LogP contribution is 2.32. The van der Waals surface area contributed by atoms with Crippen molar-refractivity contribution < 1.29 is 4.79 Å². The molecule has 4 heteroatoms. The van der Waals surface area contributed by atoms with Crippen LogP contribution >= 0.6 is 11.8 Å². The molecule has 0 aliphatic carbocycles. The normalized spacial score (nSPS) is 26.9. The van der Waals surface area contributed by atoms with Gasteiger partial charge in [-0.3, -0.25) is 4.79 Å². The third-order valence-electron chi connectivity index (χ3n) is 4.96. The van der Waals surface area contributed by atoms with Crippen LogP contribution in [-0.4, -0.2) is 24.2 Å². The number of amides is 1. The van der Waals surface area contributed by atoms with Crippen LogP contribution in [0.2, 0.25) is 0 Å². The lowest BCUT2D eigenvalue weighted by molar-refractivity contribution is -0.122. The Morgan fingerprint density at radius 1 is 1.32 bits per heavy atom. The lowest BCUT2D eigenvalue weighted by atomic mass is 9.89. The van der Waals surface area contributed by atoms with Crippen LogP contribution in [0.15, 0.2) is 23.1 Å². The second kappa shape index (κ2) is 7.05. The molecule has 0 saturated carbocycles. The highest BCUT2D eigenvalue weighted by Gasteiger charge is 2.34. The van der Waals surface area contributed by atoms with Crippen LogP contribution in [0.5, 0.6) is 0 Å². The van der Waals surface area contributed by atoms with Crippen LogP contribution in [-0.2, 0) is 11.3 Å². The molecule has 1 aromatic carbocycles. The molecule has 2 heterocycles. The van der Waals surface area contributed by atoms with Gasteiger partial charge in [-0.1, -0.05) is 12.1 Å². The molecule has 0 spiro atoms. The summed E-state index contributed by atoms with van der Waals surface area (Å²) in [5, 5.41) is 6.76. The molecule has 2 bridgehead atoms. The molecular weight excluding hydrogens is 292 g/mol. The number of fused-ring (bicyclic) bond motifs is 2. The Hall–Kier alpha value is -1.00. The van der Waals surface area contributed by atoms with Gasteiger partial charge in [0.2, 0.25) is 5.91 Å². The third-order valence-corrected chi connectivity index (χ3v) is 5.78. The Kier molecular flexibility index (Phi) is 5.09. The largest absolute Gasteiger partial charge is 0.352 e. The van der Waals surface area contributed by atoms with Crippen molar-refractivity contribution in [3.63, 3.8) is 0 Å². The molecule has 1 amide bonds. The fourth-order valence-electron chi connectivity index (χ4n) is 3.87. The highest BCUT2D eigenvalue weighted by molar-refractivity contribution is 7.98. The predicted octanol–water partition coefficient (Wildman–Crippen LogP) is 3.25. The van der Waals surface area contributed by atoms with E-state index in [4.69, 9.17) is 0 Å². The topological polar surface area (TPSA) is 41.1 Å². The summed E-state index contributed by atoms with van der Waals surface area (Å²) >= 11 is 1.75. The first-order valence-corrected chi connectivity index (χ1v) is 9.53. The summed E-state index contributed by atoms with van der Waals surface area (Å²) in [6, 6.07) is 7.77. The van der Waals surface area contributed by atoms with E-state index in [1.54, 1.807) is 11.8 Å². The van der Waals surface area contributed by atoms with E-state index in [9.17, 15) is 4.79 Å². The molecule has 2 aliphatic heterocycles. The van der Waals surface area contributed by atoms with Crippen molar-refractivity contribution in [3.05, 3.63) is 29.3 Å². The fraction of sp³-hybridized carbons (Fsp3) is 0.611. The summed E-state index contributed by atoms with van der Waals surface area (Å²) in [6.45, 7) is 2.75. The van der Waals surface area contributed by atoms with Gasteiger partial charge in [-0.15, -0.1) is 11.8 Å². The number of rotatable bonds is 5. The molecule has 2 fully saturated rings. The third kappa shape index (κ3) is 3.85. The Morgan fingerprint density at radius 2 is 2.05 bits per heavy atom. The zero-order valence-corrected chi connectivity index (χ0v) is 14.3. The molecule has 2 saturated heterocycles. The molecule has 22 heavy (non-hydrogen) atoms. The second-order valence-electron chi connectivity index (χ2n) is 6.77. The Morgan fingerprint density at radius 3 is 2.73 bits per heavy atom. The van der Waals surface area contributed by atoms with Crippen LogP contribution in [0.3, 0.4) is 0 Å². The number of hydrogen-bond donors (Lipinski definition) is 2. The van der Waals surface area contributed by atoms with Gasteiger partial charge >= 0.3 is 0 Å². The highest BCUT2D eigenvalue weighted by atomic mass is 32.2. The molecule has 2 aliphatic rings. The van der Waals surface area contributed by atoms with E-state index >= 15 is 0 Å². The van der Waals surface area contributed by atoms with Crippen molar-refractivity contribution >= 4 is 17.7 Å². The molecule has 2 N–H and O–H groups in total. The van der Waals surface area contributed by atoms with Crippen molar-refractivity contribution in [2.45, 2.75) is 62.6 Å². The molecule has 0 radical (unpaired) electrons. The van der Waals surface area contributed by atoms with Gasteiger partial charge in [-0.05, 0) is 62.0 Å². The molecular formula is C18H26N2OS. The SMILES string of the molecule is CSc1cc(C)ccc1CNC(=O)CC1CC2CCC(C1)N2. The van der Waals surface area contributed by atoms with Crippen molar-refractivity contribution in [3.8, 4) is 0 Å². The smallest absolute Gasteiger partial charge is 0.220 e. The number of thioether (sulfide) groups is 1. The number of nitrogens with one attached hydrogen (secondary N) is 2. The maximum absolute atomic E-state index is 12.2. The lowest BCUT2D eigenvalue weighted by Crippen LogP contribution is -2.39. The first kappa shape index (κ1) is 15.9. The number of benzene rings is 1. The standard InChI is InChI=1S/C18H26N2OS/c1-12-3-4-14(17(7-12)22-2)11-19-18(21)10-13-8-15-5-6-16(9-13)20-15/h3-4,7,13,15-16,20H,5-6,8-11H2,1-2H3,(H,19,21). The fourth-order valence-corrected chi connectivity index (χ4v) is 4.57. The maximum Gasteiger partial charge on any atom is 0.220 e. The number of carbonyl (C=O) groups is 1. The minimum Gasteiger partial charge on any atom is -0.352 e. The van der Waals surface area contributed by atoms with Crippen LogP contribution in [0.1, 0.15) is 43.2 Å². The van der Waals surface area contributed by atoms with Crippen LogP contribution in [0.25, 0.3) is 0 Å². The average molecular weight is 318 g/mol. The Labute approximate surface area is 137 Å². The molecule has 2 atom stereocenters. The van der Waals surface area contributed by atoms with E-state index < -0.39 is 0 Å². The van der Waals surface area contributed by atoms with Crippen molar-refractivity contribution in [2.75, 3.05) is 6.26 Å². The van der Waals surface area contributed by atoms with Gasteiger partial charge in [0.15, 0.2) is 0 Å². The van der Waals surface area contributed by atoms with E-state index in [1.165, 1.54) is 41.7 Å². The maximum atomic E-state index is 12.2. The lowest BCUT2D eigenvalue weighted by Gasteiger charge is -2.28. The summed E-state index contributed by atoms with van der Waals surface area (Å²) in [7, 11) is 0. The number of hydrogen-bond acceptors (Lipinski definition) is 3. The molecule has 3 nitrogen and oxygen atoms in total. The molecule has 0 aromatic heterocycles. The van der Waals surface area contributed by atoms with E-state index in [2.05, 4.69) is 42.0 Å². The summed E-state index contributed by atoms with van der Waals surface area (Å²) in [5.41, 5.74) is 2.49. The minimum atomic E-state index is 0.207. The van der Waals surface area contributed by atoms with Gasteiger partial charge in [0.05, 0.1) is 0 Å². The summed E-state index contributed by atoms with van der Waals surface area (Å²) in [6.07, 6.45) is 7.71. The van der Waals surface area contributed by atoms with E-state index in [1.807, 2.05) is 0 Å². The van der Waals surface area contributed by atoms with Gasteiger partial charge in [0, 0.05) is 29.9 Å². The van der Waals surface area contributed by atoms with Crippen LogP contribution < -0.4 is 10.6 Å². The number of aryl methyl sites for hydroxylation is 1. The number of carbonyl (C=O) groups excluding carboxylic acids is 1. The van der Waals surface area contributed by atoms with E-state index in [0.717, 1.165) is 0 Å². The monoisotopic (exact) mass is 318 g/mol. The molecule has 2 unspecified atom stereocenters. The van der Waals surface area contributed by atoms with Gasteiger partial charge < -0.3 is 10.6 Å². The molecule has 1 aromatic rings. The average Bonchev–Trinajstić information content (AvgIpc) is 2.84. The minimum absolute atomic E-state index is 0.207. The van der Waals surface area contributed by atoms with Crippen LogP contribution in [0, 0.1) is 12.8 Å². The predicted molar refractivity (Wildman–Crippen MR) is 92.1 cm³/mol. The summed E-state index contributed by atoms with van der Waals surface area (Å²) in [4.78, 5) is 13.5. The Balaban J connectivity index is 1.50. The second-order valence-corrected chi connectivity index (χ2v) is 7.62.